The van der Waals surface area contributed by atoms with E-state index >= 15 is 0 Å². The molecule has 0 aliphatic carbocycles. The molecular formula is C22H27N3O3. The van der Waals surface area contributed by atoms with E-state index < -0.39 is 0 Å². The van der Waals surface area contributed by atoms with Gasteiger partial charge in [0.25, 0.3) is 0 Å². The lowest BCUT2D eigenvalue weighted by molar-refractivity contribution is -0.136. The molecule has 1 unspecified atom stereocenters. The van der Waals surface area contributed by atoms with Crippen LogP contribution >= 0.6 is 0 Å². The SMILES string of the molecule is COc1ccccc1N1CCN(C(=O)CC(=O)NC(C)c2ccccc2)CC1. The number of anilines is 1. The summed E-state index contributed by atoms with van der Waals surface area (Å²) < 4.78 is 5.42. The summed E-state index contributed by atoms with van der Waals surface area (Å²) in [6.45, 7) is 4.54. The van der Waals surface area contributed by atoms with Gasteiger partial charge in [0.15, 0.2) is 0 Å². The van der Waals surface area contributed by atoms with Gasteiger partial charge in [0.1, 0.15) is 12.2 Å². The lowest BCUT2D eigenvalue weighted by Crippen LogP contribution is -2.49. The van der Waals surface area contributed by atoms with Crippen molar-refractivity contribution in [3.8, 4) is 5.75 Å². The van der Waals surface area contributed by atoms with E-state index in [0.717, 1.165) is 17.0 Å². The van der Waals surface area contributed by atoms with Gasteiger partial charge in [0, 0.05) is 26.2 Å². The van der Waals surface area contributed by atoms with E-state index in [2.05, 4.69) is 10.2 Å². The van der Waals surface area contributed by atoms with Crippen molar-refractivity contribution in [1.82, 2.24) is 10.2 Å². The molecule has 1 aliphatic rings. The van der Waals surface area contributed by atoms with Gasteiger partial charge in [-0.15, -0.1) is 0 Å². The first kappa shape index (κ1) is 19.7. The first-order valence-corrected chi connectivity index (χ1v) is 9.58. The van der Waals surface area contributed by atoms with Crippen LogP contribution in [0.25, 0.3) is 0 Å². The van der Waals surface area contributed by atoms with Gasteiger partial charge in [0.2, 0.25) is 11.8 Å². The summed E-state index contributed by atoms with van der Waals surface area (Å²) >= 11 is 0. The molecule has 0 radical (unpaired) electrons. The fourth-order valence-electron chi connectivity index (χ4n) is 3.45. The summed E-state index contributed by atoms with van der Waals surface area (Å²) in [5, 5.41) is 2.90. The van der Waals surface area contributed by atoms with Crippen molar-refractivity contribution in [2.75, 3.05) is 38.2 Å². The molecule has 28 heavy (non-hydrogen) atoms. The largest absolute Gasteiger partial charge is 0.495 e. The Balaban J connectivity index is 1.49. The predicted molar refractivity (Wildman–Crippen MR) is 109 cm³/mol. The van der Waals surface area contributed by atoms with E-state index in [1.54, 1.807) is 12.0 Å². The minimum Gasteiger partial charge on any atom is -0.495 e. The molecule has 0 saturated carbocycles. The van der Waals surface area contributed by atoms with Crippen molar-refractivity contribution in [3.63, 3.8) is 0 Å². The molecule has 148 valence electrons. The number of methoxy groups -OCH3 is 1. The van der Waals surface area contributed by atoms with Gasteiger partial charge in [-0.1, -0.05) is 42.5 Å². The van der Waals surface area contributed by atoms with E-state index in [9.17, 15) is 9.59 Å². The number of rotatable bonds is 6. The van der Waals surface area contributed by atoms with Crippen LogP contribution in [-0.4, -0.2) is 50.0 Å². The topological polar surface area (TPSA) is 61.9 Å². The van der Waals surface area contributed by atoms with Crippen molar-refractivity contribution in [3.05, 3.63) is 60.2 Å². The Kier molecular flexibility index (Phi) is 6.53. The van der Waals surface area contributed by atoms with Crippen LogP contribution in [0.5, 0.6) is 5.75 Å². The highest BCUT2D eigenvalue weighted by Gasteiger charge is 2.24. The van der Waals surface area contributed by atoms with E-state index in [4.69, 9.17) is 4.74 Å². The first-order chi connectivity index (χ1) is 13.6. The molecule has 1 N–H and O–H groups in total. The summed E-state index contributed by atoms with van der Waals surface area (Å²) in [5.74, 6) is 0.461. The van der Waals surface area contributed by atoms with Crippen LogP contribution in [0.4, 0.5) is 5.69 Å². The van der Waals surface area contributed by atoms with E-state index in [1.807, 2.05) is 61.5 Å². The summed E-state index contributed by atoms with van der Waals surface area (Å²) in [5.41, 5.74) is 2.06. The number of hydrogen-bond donors (Lipinski definition) is 1. The molecule has 2 amide bonds. The van der Waals surface area contributed by atoms with Crippen LogP contribution < -0.4 is 15.0 Å². The highest BCUT2D eigenvalue weighted by Crippen LogP contribution is 2.28. The van der Waals surface area contributed by atoms with Crippen molar-refractivity contribution in [2.45, 2.75) is 19.4 Å². The lowest BCUT2D eigenvalue weighted by atomic mass is 10.1. The van der Waals surface area contributed by atoms with Crippen LogP contribution in [0.1, 0.15) is 24.9 Å². The van der Waals surface area contributed by atoms with Gasteiger partial charge in [-0.25, -0.2) is 0 Å². The molecule has 1 saturated heterocycles. The second-order valence-electron chi connectivity index (χ2n) is 6.92. The van der Waals surface area contributed by atoms with Gasteiger partial charge in [-0.2, -0.15) is 0 Å². The van der Waals surface area contributed by atoms with Crippen molar-refractivity contribution >= 4 is 17.5 Å². The monoisotopic (exact) mass is 381 g/mol. The number of benzene rings is 2. The van der Waals surface area contributed by atoms with Crippen molar-refractivity contribution in [2.24, 2.45) is 0 Å². The van der Waals surface area contributed by atoms with Crippen LogP contribution in [-0.2, 0) is 9.59 Å². The Labute approximate surface area is 166 Å². The molecule has 0 spiro atoms. The highest BCUT2D eigenvalue weighted by atomic mass is 16.5. The smallest absolute Gasteiger partial charge is 0.232 e. The predicted octanol–water partition coefficient (Wildman–Crippen LogP) is 2.61. The lowest BCUT2D eigenvalue weighted by Gasteiger charge is -2.36. The van der Waals surface area contributed by atoms with Gasteiger partial charge in [-0.05, 0) is 24.6 Å². The maximum absolute atomic E-state index is 12.5. The van der Waals surface area contributed by atoms with Crippen molar-refractivity contribution < 1.29 is 14.3 Å². The Bertz CT molecular complexity index is 802. The summed E-state index contributed by atoms with van der Waals surface area (Å²) in [7, 11) is 1.66. The third-order valence-electron chi connectivity index (χ3n) is 5.05. The normalized spacial score (nSPS) is 15.1. The highest BCUT2D eigenvalue weighted by molar-refractivity contribution is 5.97. The third kappa shape index (κ3) is 4.82. The van der Waals surface area contributed by atoms with Gasteiger partial charge < -0.3 is 19.9 Å². The number of piperazine rings is 1. The van der Waals surface area contributed by atoms with Crippen LogP contribution in [0, 0.1) is 0 Å². The third-order valence-corrected chi connectivity index (χ3v) is 5.05. The fraction of sp³-hybridized carbons (Fsp3) is 0.364. The molecule has 0 aromatic heterocycles. The molecule has 3 rings (SSSR count). The number of carbonyl (C=O) groups is 2. The zero-order valence-corrected chi connectivity index (χ0v) is 16.4. The number of para-hydroxylation sites is 2. The summed E-state index contributed by atoms with van der Waals surface area (Å²) in [6.07, 6.45) is -0.119. The number of amides is 2. The fourth-order valence-corrected chi connectivity index (χ4v) is 3.45. The Morgan fingerprint density at radius 1 is 1.00 bits per heavy atom. The number of carbonyl (C=O) groups excluding carboxylic acids is 2. The molecule has 1 heterocycles. The van der Waals surface area contributed by atoms with Crippen LogP contribution in [0.3, 0.4) is 0 Å². The minimum atomic E-state index is -0.242. The molecule has 0 bridgehead atoms. The average Bonchev–Trinajstić information content (AvgIpc) is 2.74. The Hall–Kier alpha value is -3.02. The quantitative estimate of drug-likeness (QED) is 0.782. The molecule has 2 aromatic rings. The Morgan fingerprint density at radius 3 is 2.32 bits per heavy atom. The van der Waals surface area contributed by atoms with Crippen molar-refractivity contribution in [1.29, 1.82) is 0 Å². The minimum absolute atomic E-state index is 0.119. The second-order valence-corrected chi connectivity index (χ2v) is 6.92. The van der Waals surface area contributed by atoms with Gasteiger partial charge in [-0.3, -0.25) is 9.59 Å². The molecule has 2 aromatic carbocycles. The molecule has 1 aliphatic heterocycles. The number of nitrogens with one attached hydrogen (secondary N) is 1. The van der Waals surface area contributed by atoms with Gasteiger partial charge >= 0.3 is 0 Å². The van der Waals surface area contributed by atoms with E-state index in [0.29, 0.717) is 26.2 Å². The van der Waals surface area contributed by atoms with Crippen LogP contribution in [0.15, 0.2) is 54.6 Å². The molecule has 1 fully saturated rings. The molecule has 1 atom stereocenters. The number of ether oxygens (including phenoxy) is 1. The van der Waals surface area contributed by atoms with E-state index in [-0.39, 0.29) is 24.3 Å². The molecule has 6 nitrogen and oxygen atoms in total. The maximum Gasteiger partial charge on any atom is 0.232 e. The molecule has 6 heteroatoms. The standard InChI is InChI=1S/C22H27N3O3/c1-17(18-8-4-3-5-9-18)23-21(26)16-22(27)25-14-12-24(13-15-25)19-10-6-7-11-20(19)28-2/h3-11,17H,12-16H2,1-2H3,(H,23,26). The second kappa shape index (κ2) is 9.26. The summed E-state index contributed by atoms with van der Waals surface area (Å²) in [6, 6.07) is 17.5. The zero-order valence-electron chi connectivity index (χ0n) is 16.4. The number of hydrogen-bond acceptors (Lipinski definition) is 4. The summed E-state index contributed by atoms with van der Waals surface area (Å²) in [4.78, 5) is 28.7. The Morgan fingerprint density at radius 2 is 1.64 bits per heavy atom. The molecular weight excluding hydrogens is 354 g/mol. The first-order valence-electron chi connectivity index (χ1n) is 9.58. The van der Waals surface area contributed by atoms with E-state index in [1.165, 1.54) is 0 Å². The maximum atomic E-state index is 12.5. The van der Waals surface area contributed by atoms with Gasteiger partial charge in [0.05, 0.1) is 18.8 Å². The average molecular weight is 381 g/mol. The van der Waals surface area contributed by atoms with Crippen LogP contribution in [0.2, 0.25) is 0 Å². The number of nitrogens with zero attached hydrogens (tertiary/aromatic N) is 2. The zero-order chi connectivity index (χ0) is 19.9.